The van der Waals surface area contributed by atoms with Crippen molar-refractivity contribution in [2.75, 3.05) is 0 Å². The second kappa shape index (κ2) is 4.90. The molecule has 0 spiro atoms. The van der Waals surface area contributed by atoms with Crippen LogP contribution in [0.3, 0.4) is 0 Å². The fraction of sp³-hybridized carbons (Fsp3) is 0.308. The van der Waals surface area contributed by atoms with Gasteiger partial charge in [-0.15, -0.1) is 11.3 Å². The molecule has 0 saturated heterocycles. The minimum Gasteiger partial charge on any atom is -0.457 e. The summed E-state index contributed by atoms with van der Waals surface area (Å²) < 4.78 is 5.66. The van der Waals surface area contributed by atoms with Gasteiger partial charge in [0.15, 0.2) is 4.67 Å². The molecule has 1 saturated carbocycles. The molecule has 0 aromatic carbocycles. The molecule has 0 atom stereocenters. The van der Waals surface area contributed by atoms with Crippen LogP contribution in [0.4, 0.5) is 0 Å². The average molecular weight is 326 g/mol. The van der Waals surface area contributed by atoms with Crippen molar-refractivity contribution in [3.63, 3.8) is 0 Å². The first-order valence-electron chi connectivity index (χ1n) is 5.82. The van der Waals surface area contributed by atoms with Crippen LogP contribution in [0.25, 0.3) is 0 Å². The van der Waals surface area contributed by atoms with E-state index in [0.29, 0.717) is 22.8 Å². The van der Waals surface area contributed by atoms with Gasteiger partial charge in [-0.25, -0.2) is 0 Å². The Kier molecular flexibility index (Phi) is 3.26. The molecule has 2 aromatic rings. The van der Waals surface area contributed by atoms with Crippen LogP contribution in [-0.4, -0.2) is 16.8 Å². The van der Waals surface area contributed by atoms with E-state index in [2.05, 4.69) is 22.0 Å². The highest BCUT2D eigenvalue weighted by Gasteiger charge is 2.34. The van der Waals surface area contributed by atoms with Gasteiger partial charge in [-0.2, -0.15) is 0 Å². The molecule has 94 valence electrons. The number of amides is 1. The lowest BCUT2D eigenvalue weighted by Gasteiger charge is -2.21. The molecule has 2 heterocycles. The fourth-order valence-electron chi connectivity index (χ4n) is 1.92. The molecule has 2 aromatic heterocycles. The van der Waals surface area contributed by atoms with Gasteiger partial charge in [-0.05, 0) is 46.3 Å². The van der Waals surface area contributed by atoms with Gasteiger partial charge in [0, 0.05) is 10.9 Å². The van der Waals surface area contributed by atoms with E-state index < -0.39 is 0 Å². The highest BCUT2D eigenvalue weighted by molar-refractivity contribution is 9.10. The van der Waals surface area contributed by atoms with E-state index in [4.69, 9.17) is 4.42 Å². The van der Waals surface area contributed by atoms with E-state index in [1.165, 1.54) is 11.1 Å². The number of carbonyl (C=O) groups excluding carboxylic acids is 1. The van der Waals surface area contributed by atoms with E-state index >= 15 is 0 Å². The number of hydrogen-bond acceptors (Lipinski definition) is 3. The van der Waals surface area contributed by atoms with Gasteiger partial charge >= 0.3 is 0 Å². The molecule has 1 aliphatic rings. The van der Waals surface area contributed by atoms with Crippen molar-refractivity contribution in [2.45, 2.75) is 25.4 Å². The van der Waals surface area contributed by atoms with Gasteiger partial charge in [0.2, 0.25) is 0 Å². The maximum Gasteiger partial charge on any atom is 0.258 e. The largest absolute Gasteiger partial charge is 0.457 e. The Morgan fingerprint density at radius 1 is 1.50 bits per heavy atom. The first kappa shape index (κ1) is 12.0. The summed E-state index contributed by atoms with van der Waals surface area (Å²) in [5.74, 6) is 0.0477. The Hall–Kier alpha value is -1.07. The summed E-state index contributed by atoms with van der Waals surface area (Å²) in [5, 5.41) is 2.04. The number of halogens is 1. The monoisotopic (exact) mass is 325 g/mol. The summed E-state index contributed by atoms with van der Waals surface area (Å²) in [7, 11) is 0. The Morgan fingerprint density at radius 3 is 2.89 bits per heavy atom. The van der Waals surface area contributed by atoms with Crippen LogP contribution < -0.4 is 0 Å². The van der Waals surface area contributed by atoms with Crippen molar-refractivity contribution in [2.24, 2.45) is 0 Å². The quantitative estimate of drug-likeness (QED) is 0.853. The Balaban J connectivity index is 1.82. The predicted octanol–water partition coefficient (Wildman–Crippen LogP) is 3.91. The zero-order chi connectivity index (χ0) is 12.5. The first-order chi connectivity index (χ1) is 8.75. The van der Waals surface area contributed by atoms with E-state index in [1.807, 2.05) is 16.3 Å². The third kappa shape index (κ3) is 2.37. The summed E-state index contributed by atoms with van der Waals surface area (Å²) >= 11 is 4.96. The van der Waals surface area contributed by atoms with E-state index in [-0.39, 0.29) is 5.91 Å². The molecule has 1 amide bonds. The van der Waals surface area contributed by atoms with Crippen molar-refractivity contribution in [1.29, 1.82) is 0 Å². The molecule has 0 N–H and O–H groups in total. The summed E-state index contributed by atoms with van der Waals surface area (Å²) in [6, 6.07) is 6.19. The van der Waals surface area contributed by atoms with Crippen molar-refractivity contribution in [3.05, 3.63) is 45.0 Å². The Morgan fingerprint density at radius 2 is 2.33 bits per heavy atom. The lowest BCUT2D eigenvalue weighted by molar-refractivity contribution is 0.0729. The molecular weight excluding hydrogens is 314 g/mol. The third-order valence-electron chi connectivity index (χ3n) is 3.00. The third-order valence-corrected chi connectivity index (χ3v) is 4.48. The predicted molar refractivity (Wildman–Crippen MR) is 73.6 cm³/mol. The van der Waals surface area contributed by atoms with Gasteiger partial charge in [-0.1, -0.05) is 6.07 Å². The van der Waals surface area contributed by atoms with Crippen molar-refractivity contribution < 1.29 is 9.21 Å². The Bertz CT molecular complexity index is 545. The highest BCUT2D eigenvalue weighted by atomic mass is 79.9. The van der Waals surface area contributed by atoms with Crippen LogP contribution in [0.5, 0.6) is 0 Å². The van der Waals surface area contributed by atoms with E-state index in [1.54, 1.807) is 17.4 Å². The zero-order valence-corrected chi connectivity index (χ0v) is 12.0. The summed E-state index contributed by atoms with van der Waals surface area (Å²) in [5.41, 5.74) is 0.610. The van der Waals surface area contributed by atoms with Crippen LogP contribution >= 0.6 is 27.3 Å². The van der Waals surface area contributed by atoms with Gasteiger partial charge < -0.3 is 9.32 Å². The molecule has 3 nitrogen and oxygen atoms in total. The maximum absolute atomic E-state index is 12.5. The standard InChI is InChI=1S/C13H12BrNO2S/c14-12-11(5-6-17-12)13(16)15(9-3-4-9)8-10-2-1-7-18-10/h1-2,5-7,9H,3-4,8H2. The van der Waals surface area contributed by atoms with Crippen molar-refractivity contribution in [1.82, 2.24) is 4.90 Å². The van der Waals surface area contributed by atoms with Crippen LogP contribution in [-0.2, 0) is 6.54 Å². The summed E-state index contributed by atoms with van der Waals surface area (Å²) in [6.07, 6.45) is 3.74. The van der Waals surface area contributed by atoms with Gasteiger partial charge in [0.1, 0.15) is 0 Å². The summed E-state index contributed by atoms with van der Waals surface area (Å²) in [4.78, 5) is 15.6. The van der Waals surface area contributed by atoms with Crippen LogP contribution in [0.2, 0.25) is 0 Å². The van der Waals surface area contributed by atoms with Gasteiger partial charge in [0.05, 0.1) is 18.4 Å². The van der Waals surface area contributed by atoms with Crippen LogP contribution in [0.15, 0.2) is 38.9 Å². The smallest absolute Gasteiger partial charge is 0.258 e. The minimum atomic E-state index is 0.0477. The average Bonchev–Trinajstić information content (AvgIpc) is 2.89. The second-order valence-electron chi connectivity index (χ2n) is 4.35. The first-order valence-corrected chi connectivity index (χ1v) is 7.49. The number of rotatable bonds is 4. The normalized spacial score (nSPS) is 14.7. The SMILES string of the molecule is O=C(c1ccoc1Br)N(Cc1cccs1)C1CC1. The van der Waals surface area contributed by atoms with Gasteiger partial charge in [-0.3, -0.25) is 4.79 Å². The zero-order valence-electron chi connectivity index (χ0n) is 9.64. The molecule has 0 bridgehead atoms. The molecule has 5 heteroatoms. The van der Waals surface area contributed by atoms with Crippen LogP contribution in [0, 0.1) is 0 Å². The second-order valence-corrected chi connectivity index (χ2v) is 6.10. The van der Waals surface area contributed by atoms with Crippen molar-refractivity contribution >= 4 is 33.2 Å². The highest BCUT2D eigenvalue weighted by Crippen LogP contribution is 2.32. The van der Waals surface area contributed by atoms with E-state index in [9.17, 15) is 4.79 Å². The molecule has 1 aliphatic carbocycles. The lowest BCUT2D eigenvalue weighted by atomic mass is 10.2. The molecule has 0 radical (unpaired) electrons. The fourth-order valence-corrected chi connectivity index (χ4v) is 3.04. The minimum absolute atomic E-state index is 0.0477. The molecule has 1 fully saturated rings. The van der Waals surface area contributed by atoms with Crippen molar-refractivity contribution in [3.8, 4) is 0 Å². The molecule has 3 rings (SSSR count). The number of carbonyl (C=O) groups is 1. The van der Waals surface area contributed by atoms with Gasteiger partial charge in [0.25, 0.3) is 5.91 Å². The summed E-state index contributed by atoms with van der Waals surface area (Å²) in [6.45, 7) is 0.693. The topological polar surface area (TPSA) is 33.5 Å². The molecule has 0 unspecified atom stereocenters. The van der Waals surface area contributed by atoms with E-state index in [0.717, 1.165) is 12.8 Å². The number of hydrogen-bond donors (Lipinski definition) is 0. The maximum atomic E-state index is 12.5. The number of furan rings is 1. The number of thiophene rings is 1. The molecule has 0 aliphatic heterocycles. The lowest BCUT2D eigenvalue weighted by Crippen LogP contribution is -2.32. The molecule has 18 heavy (non-hydrogen) atoms. The van der Waals surface area contributed by atoms with Crippen LogP contribution in [0.1, 0.15) is 28.1 Å². The molecular formula is C13H12BrNO2S. The Labute approximate surface area is 118 Å². The number of nitrogens with zero attached hydrogens (tertiary/aromatic N) is 1.